The molecule has 2 unspecified atom stereocenters. The van der Waals surface area contributed by atoms with Gasteiger partial charge in [0, 0.05) is 38.5 Å². The van der Waals surface area contributed by atoms with E-state index in [-0.39, 0.29) is 0 Å². The molecule has 1 aliphatic rings. The summed E-state index contributed by atoms with van der Waals surface area (Å²) >= 11 is 0. The van der Waals surface area contributed by atoms with E-state index in [1.807, 2.05) is 0 Å². The predicted molar refractivity (Wildman–Crippen MR) is 76.2 cm³/mol. The van der Waals surface area contributed by atoms with E-state index < -0.39 is 0 Å². The van der Waals surface area contributed by atoms with E-state index in [1.165, 1.54) is 24.1 Å². The predicted octanol–water partition coefficient (Wildman–Crippen LogP) is 2.58. The maximum Gasteiger partial charge on any atom is 0.0619 e. The molecule has 1 N–H and O–H groups in total. The van der Waals surface area contributed by atoms with Crippen LogP contribution in [0.5, 0.6) is 0 Å². The first kappa shape index (κ1) is 13.4. The first-order valence-corrected chi connectivity index (χ1v) is 6.78. The van der Waals surface area contributed by atoms with Crippen molar-refractivity contribution in [3.8, 4) is 0 Å². The molecule has 0 spiro atoms. The highest BCUT2D eigenvalue weighted by Gasteiger charge is 2.16. The summed E-state index contributed by atoms with van der Waals surface area (Å²) < 4.78 is 5.50. The van der Waals surface area contributed by atoms with Gasteiger partial charge in [0.2, 0.25) is 0 Å². The van der Waals surface area contributed by atoms with Crippen molar-refractivity contribution in [2.24, 2.45) is 0 Å². The van der Waals surface area contributed by atoms with E-state index in [9.17, 15) is 0 Å². The van der Waals surface area contributed by atoms with Crippen LogP contribution in [0.25, 0.3) is 0 Å². The number of anilines is 1. The highest BCUT2D eigenvalue weighted by molar-refractivity contribution is 5.46. The van der Waals surface area contributed by atoms with Crippen molar-refractivity contribution in [2.75, 3.05) is 32.2 Å². The summed E-state index contributed by atoms with van der Waals surface area (Å²) in [4.78, 5) is 2.12. The molecular formula is C15H24N2O. The number of hydrogen-bond acceptors (Lipinski definition) is 3. The molecule has 1 aliphatic heterocycles. The van der Waals surface area contributed by atoms with Gasteiger partial charge in [-0.3, -0.25) is 0 Å². The third-order valence-corrected chi connectivity index (χ3v) is 3.56. The normalized spacial score (nSPS) is 21.6. The Morgan fingerprint density at radius 2 is 2.00 bits per heavy atom. The Labute approximate surface area is 110 Å². The summed E-state index contributed by atoms with van der Waals surface area (Å²) in [7, 11) is 4.13. The first-order chi connectivity index (χ1) is 8.66. The Morgan fingerprint density at radius 1 is 1.28 bits per heavy atom. The molecule has 0 bridgehead atoms. The molecule has 1 aromatic rings. The lowest BCUT2D eigenvalue weighted by atomic mass is 10.0. The van der Waals surface area contributed by atoms with Crippen molar-refractivity contribution in [1.29, 1.82) is 0 Å². The summed E-state index contributed by atoms with van der Waals surface area (Å²) in [5.41, 5.74) is 2.58. The van der Waals surface area contributed by atoms with Crippen LogP contribution in [0.15, 0.2) is 24.3 Å². The van der Waals surface area contributed by atoms with Gasteiger partial charge in [-0.15, -0.1) is 0 Å². The molecule has 100 valence electrons. The minimum Gasteiger partial charge on any atom is -0.380 e. The van der Waals surface area contributed by atoms with Gasteiger partial charge in [-0.05, 0) is 37.5 Å². The second kappa shape index (κ2) is 6.21. The van der Waals surface area contributed by atoms with Crippen LogP contribution in [0.3, 0.4) is 0 Å². The number of nitrogens with one attached hydrogen (secondary N) is 1. The van der Waals surface area contributed by atoms with Gasteiger partial charge in [-0.25, -0.2) is 0 Å². The molecule has 0 saturated carbocycles. The molecule has 1 heterocycles. The molecule has 0 amide bonds. The molecule has 2 rings (SSSR count). The van der Waals surface area contributed by atoms with E-state index in [2.05, 4.69) is 55.5 Å². The molecule has 1 aromatic carbocycles. The fourth-order valence-electron chi connectivity index (χ4n) is 2.38. The Morgan fingerprint density at radius 3 is 2.56 bits per heavy atom. The Balaban J connectivity index is 1.93. The van der Waals surface area contributed by atoms with E-state index in [0.717, 1.165) is 13.2 Å². The van der Waals surface area contributed by atoms with Gasteiger partial charge < -0.3 is 15.0 Å². The topological polar surface area (TPSA) is 24.5 Å². The third-order valence-electron chi connectivity index (χ3n) is 3.56. The van der Waals surface area contributed by atoms with Crippen LogP contribution >= 0.6 is 0 Å². The lowest BCUT2D eigenvalue weighted by Gasteiger charge is -2.27. The van der Waals surface area contributed by atoms with E-state index in [1.54, 1.807) is 0 Å². The quantitative estimate of drug-likeness (QED) is 0.886. The molecule has 3 nitrogen and oxygen atoms in total. The Kier molecular flexibility index (Phi) is 4.61. The second-order valence-electron chi connectivity index (χ2n) is 5.29. The molecule has 0 radical (unpaired) electrons. The molecule has 18 heavy (non-hydrogen) atoms. The van der Waals surface area contributed by atoms with Crippen molar-refractivity contribution in [3.05, 3.63) is 29.8 Å². The largest absolute Gasteiger partial charge is 0.380 e. The Bertz CT molecular complexity index is 355. The minimum atomic E-state index is 0.382. The van der Waals surface area contributed by atoms with Crippen LogP contribution in [0.4, 0.5) is 5.69 Å². The van der Waals surface area contributed by atoms with E-state index in [0.29, 0.717) is 12.1 Å². The van der Waals surface area contributed by atoms with Crippen LogP contribution in [0.2, 0.25) is 0 Å². The van der Waals surface area contributed by atoms with Gasteiger partial charge >= 0.3 is 0 Å². The van der Waals surface area contributed by atoms with Crippen LogP contribution in [-0.2, 0) is 4.74 Å². The third kappa shape index (κ3) is 3.47. The van der Waals surface area contributed by atoms with Crippen molar-refractivity contribution in [1.82, 2.24) is 5.32 Å². The van der Waals surface area contributed by atoms with Gasteiger partial charge in [0.05, 0.1) is 6.61 Å². The first-order valence-electron chi connectivity index (χ1n) is 6.78. The maximum absolute atomic E-state index is 5.50. The number of benzene rings is 1. The molecule has 3 heteroatoms. The van der Waals surface area contributed by atoms with E-state index in [4.69, 9.17) is 4.74 Å². The number of nitrogens with zero attached hydrogens (tertiary/aromatic N) is 1. The van der Waals surface area contributed by atoms with Gasteiger partial charge in [0.15, 0.2) is 0 Å². The number of hydrogen-bond donors (Lipinski definition) is 1. The molecule has 1 fully saturated rings. The monoisotopic (exact) mass is 248 g/mol. The standard InChI is InChI=1S/C15H24N2O/c1-12(16-14-5-4-10-18-11-14)13-6-8-15(9-7-13)17(2)3/h6-9,12,14,16H,4-5,10-11H2,1-3H3. The zero-order chi connectivity index (χ0) is 13.0. The summed E-state index contributed by atoms with van der Waals surface area (Å²) in [6, 6.07) is 9.64. The highest BCUT2D eigenvalue weighted by Crippen LogP contribution is 2.19. The van der Waals surface area contributed by atoms with Crippen molar-refractivity contribution >= 4 is 5.69 Å². The molecule has 1 saturated heterocycles. The maximum atomic E-state index is 5.50. The van der Waals surface area contributed by atoms with Gasteiger partial charge in [-0.2, -0.15) is 0 Å². The number of ether oxygens (including phenoxy) is 1. The van der Waals surface area contributed by atoms with Gasteiger partial charge in [0.1, 0.15) is 0 Å². The summed E-state index contributed by atoms with van der Waals surface area (Å²) in [5, 5.41) is 3.65. The van der Waals surface area contributed by atoms with Gasteiger partial charge in [0.25, 0.3) is 0 Å². The second-order valence-corrected chi connectivity index (χ2v) is 5.29. The SMILES string of the molecule is CC(NC1CCCOC1)c1ccc(N(C)C)cc1. The summed E-state index contributed by atoms with van der Waals surface area (Å²) in [6.07, 6.45) is 2.39. The molecular weight excluding hydrogens is 224 g/mol. The smallest absolute Gasteiger partial charge is 0.0619 e. The van der Waals surface area contributed by atoms with Crippen LogP contribution < -0.4 is 10.2 Å². The van der Waals surface area contributed by atoms with Gasteiger partial charge in [-0.1, -0.05) is 12.1 Å². The molecule has 0 aromatic heterocycles. The molecule has 2 atom stereocenters. The zero-order valence-corrected chi connectivity index (χ0v) is 11.6. The fourth-order valence-corrected chi connectivity index (χ4v) is 2.38. The Hall–Kier alpha value is -1.06. The lowest BCUT2D eigenvalue weighted by Crippen LogP contribution is -2.38. The minimum absolute atomic E-state index is 0.382. The molecule has 0 aliphatic carbocycles. The van der Waals surface area contributed by atoms with Crippen LogP contribution in [0, 0.1) is 0 Å². The number of rotatable bonds is 4. The zero-order valence-electron chi connectivity index (χ0n) is 11.6. The summed E-state index contributed by atoms with van der Waals surface area (Å²) in [5.74, 6) is 0. The summed E-state index contributed by atoms with van der Waals surface area (Å²) in [6.45, 7) is 3.99. The fraction of sp³-hybridized carbons (Fsp3) is 0.600. The van der Waals surface area contributed by atoms with Crippen molar-refractivity contribution < 1.29 is 4.74 Å². The van der Waals surface area contributed by atoms with Crippen LogP contribution in [-0.4, -0.2) is 33.4 Å². The van der Waals surface area contributed by atoms with E-state index >= 15 is 0 Å². The lowest BCUT2D eigenvalue weighted by molar-refractivity contribution is 0.0671. The van der Waals surface area contributed by atoms with Crippen LogP contribution in [0.1, 0.15) is 31.4 Å². The van der Waals surface area contributed by atoms with Crippen molar-refractivity contribution in [2.45, 2.75) is 31.8 Å². The van der Waals surface area contributed by atoms with Crippen molar-refractivity contribution in [3.63, 3.8) is 0 Å². The average molecular weight is 248 g/mol. The average Bonchev–Trinajstić information content (AvgIpc) is 2.40. The highest BCUT2D eigenvalue weighted by atomic mass is 16.5.